The summed E-state index contributed by atoms with van der Waals surface area (Å²) < 4.78 is 6.69. The third kappa shape index (κ3) is 5.09. The lowest BCUT2D eigenvalue weighted by Gasteiger charge is -2.22. The second-order valence-electron chi connectivity index (χ2n) is 4.97. The Morgan fingerprint density at radius 3 is 2.61 bits per heavy atom. The van der Waals surface area contributed by atoms with E-state index in [1.807, 2.05) is 6.92 Å². The maximum Gasteiger partial charge on any atom is 0.0622 e. The molecule has 0 aliphatic heterocycles. The fourth-order valence-electron chi connectivity index (χ4n) is 1.80. The molecule has 0 bridgehead atoms. The zero-order valence-electron chi connectivity index (χ0n) is 11.8. The largest absolute Gasteiger partial charge is 0.380 e. The van der Waals surface area contributed by atoms with Gasteiger partial charge in [0.1, 0.15) is 0 Å². The number of hydrogen-bond donors (Lipinski definition) is 1. The van der Waals surface area contributed by atoms with Crippen LogP contribution >= 0.6 is 15.9 Å². The van der Waals surface area contributed by atoms with E-state index in [1.54, 1.807) is 0 Å². The van der Waals surface area contributed by atoms with Gasteiger partial charge in [0.25, 0.3) is 0 Å². The summed E-state index contributed by atoms with van der Waals surface area (Å²) in [5, 5.41) is 3.58. The molecule has 1 N–H and O–H groups in total. The van der Waals surface area contributed by atoms with Gasteiger partial charge in [-0.25, -0.2) is 0 Å². The molecule has 1 rings (SSSR count). The Labute approximate surface area is 119 Å². The Morgan fingerprint density at radius 2 is 2.06 bits per heavy atom. The Morgan fingerprint density at radius 1 is 1.33 bits per heavy atom. The van der Waals surface area contributed by atoms with E-state index in [0.29, 0.717) is 12.0 Å². The van der Waals surface area contributed by atoms with Crippen LogP contribution in [0.1, 0.15) is 31.9 Å². The molecule has 1 unspecified atom stereocenters. The third-order valence-electron chi connectivity index (χ3n) is 3.10. The van der Waals surface area contributed by atoms with Gasteiger partial charge in [0.15, 0.2) is 0 Å². The highest BCUT2D eigenvalue weighted by Gasteiger charge is 2.12. The van der Waals surface area contributed by atoms with Gasteiger partial charge in [-0.05, 0) is 37.0 Å². The molecule has 1 atom stereocenters. The molecule has 0 heterocycles. The fourth-order valence-corrected chi connectivity index (χ4v) is 2.04. The first-order valence-electron chi connectivity index (χ1n) is 6.60. The van der Waals surface area contributed by atoms with E-state index in [0.717, 1.165) is 19.8 Å². The summed E-state index contributed by atoms with van der Waals surface area (Å²) in [5.74, 6) is 0.577. The maximum atomic E-state index is 5.52. The van der Waals surface area contributed by atoms with E-state index >= 15 is 0 Å². The summed E-state index contributed by atoms with van der Waals surface area (Å²) >= 11 is 3.53. The van der Waals surface area contributed by atoms with Crippen molar-refractivity contribution in [2.75, 3.05) is 13.2 Å². The van der Waals surface area contributed by atoms with E-state index in [9.17, 15) is 0 Å². The van der Waals surface area contributed by atoms with Gasteiger partial charge in [-0.2, -0.15) is 0 Å². The van der Waals surface area contributed by atoms with Gasteiger partial charge in [0, 0.05) is 23.7 Å². The van der Waals surface area contributed by atoms with Crippen LogP contribution in [0.5, 0.6) is 0 Å². The van der Waals surface area contributed by atoms with Crippen LogP contribution < -0.4 is 5.32 Å². The highest BCUT2D eigenvalue weighted by Crippen LogP contribution is 2.17. The second-order valence-corrected chi connectivity index (χ2v) is 5.83. The molecule has 1 aromatic carbocycles. The van der Waals surface area contributed by atoms with Gasteiger partial charge in [-0.15, -0.1) is 0 Å². The summed E-state index contributed by atoms with van der Waals surface area (Å²) in [5.41, 5.74) is 2.60. The van der Waals surface area contributed by atoms with Crippen LogP contribution in [0.3, 0.4) is 0 Å². The van der Waals surface area contributed by atoms with E-state index in [1.165, 1.54) is 15.6 Å². The third-order valence-corrected chi connectivity index (χ3v) is 3.99. The average molecular weight is 314 g/mol. The highest BCUT2D eigenvalue weighted by atomic mass is 79.9. The van der Waals surface area contributed by atoms with Gasteiger partial charge in [-0.3, -0.25) is 0 Å². The number of ether oxygens (including phenoxy) is 1. The quantitative estimate of drug-likeness (QED) is 0.824. The van der Waals surface area contributed by atoms with Gasteiger partial charge in [-0.1, -0.05) is 41.9 Å². The molecule has 18 heavy (non-hydrogen) atoms. The minimum atomic E-state index is 0.411. The van der Waals surface area contributed by atoms with Crippen molar-refractivity contribution in [3.05, 3.63) is 33.8 Å². The second kappa shape index (κ2) is 7.93. The fraction of sp³-hybridized carbons (Fsp3) is 0.600. The van der Waals surface area contributed by atoms with Crippen LogP contribution in [0.4, 0.5) is 0 Å². The summed E-state index contributed by atoms with van der Waals surface area (Å²) in [6.07, 6.45) is 0. The van der Waals surface area contributed by atoms with Gasteiger partial charge < -0.3 is 10.1 Å². The molecule has 0 saturated heterocycles. The number of aryl methyl sites for hydroxylation is 1. The Bertz CT molecular complexity index is 366. The Kier molecular flexibility index (Phi) is 6.90. The molecule has 0 fully saturated rings. The first-order chi connectivity index (χ1) is 8.54. The SMILES string of the molecule is CCOCC(NCc1ccc(Br)c(C)c1)C(C)C. The minimum absolute atomic E-state index is 0.411. The van der Waals surface area contributed by atoms with Crippen LogP contribution in [0, 0.1) is 12.8 Å². The highest BCUT2D eigenvalue weighted by molar-refractivity contribution is 9.10. The zero-order valence-corrected chi connectivity index (χ0v) is 13.4. The normalized spacial score (nSPS) is 13.0. The predicted molar refractivity (Wildman–Crippen MR) is 80.8 cm³/mol. The van der Waals surface area contributed by atoms with E-state index < -0.39 is 0 Å². The molecular formula is C15H24BrNO. The lowest BCUT2D eigenvalue weighted by atomic mass is 10.0. The van der Waals surface area contributed by atoms with E-state index in [2.05, 4.69) is 60.2 Å². The first kappa shape index (κ1) is 15.7. The number of nitrogens with one attached hydrogen (secondary N) is 1. The number of benzene rings is 1. The average Bonchev–Trinajstić information content (AvgIpc) is 2.33. The van der Waals surface area contributed by atoms with Crippen LogP contribution in [0.25, 0.3) is 0 Å². The molecule has 0 saturated carbocycles. The van der Waals surface area contributed by atoms with Gasteiger partial charge in [0.05, 0.1) is 6.61 Å². The van der Waals surface area contributed by atoms with Crippen molar-refractivity contribution in [1.82, 2.24) is 5.32 Å². The maximum absolute atomic E-state index is 5.52. The zero-order chi connectivity index (χ0) is 13.5. The minimum Gasteiger partial charge on any atom is -0.380 e. The van der Waals surface area contributed by atoms with Gasteiger partial charge in [0.2, 0.25) is 0 Å². The molecule has 0 aliphatic rings. The van der Waals surface area contributed by atoms with Crippen molar-refractivity contribution in [1.29, 1.82) is 0 Å². The Hall–Kier alpha value is -0.380. The molecule has 2 nitrogen and oxygen atoms in total. The van der Waals surface area contributed by atoms with Crippen molar-refractivity contribution < 1.29 is 4.74 Å². The smallest absolute Gasteiger partial charge is 0.0622 e. The van der Waals surface area contributed by atoms with Crippen molar-refractivity contribution >= 4 is 15.9 Å². The lowest BCUT2D eigenvalue weighted by molar-refractivity contribution is 0.108. The molecule has 0 radical (unpaired) electrons. The van der Waals surface area contributed by atoms with Crippen molar-refractivity contribution in [2.24, 2.45) is 5.92 Å². The summed E-state index contributed by atoms with van der Waals surface area (Å²) in [6.45, 7) is 11.1. The van der Waals surface area contributed by atoms with Crippen molar-refractivity contribution in [2.45, 2.75) is 40.3 Å². The standard InChI is InChI=1S/C15H24BrNO/c1-5-18-10-15(11(2)3)17-9-13-6-7-14(16)12(4)8-13/h6-8,11,15,17H,5,9-10H2,1-4H3. The summed E-state index contributed by atoms with van der Waals surface area (Å²) in [7, 11) is 0. The molecule has 0 aromatic heterocycles. The molecular weight excluding hydrogens is 290 g/mol. The van der Waals surface area contributed by atoms with Crippen LogP contribution in [-0.2, 0) is 11.3 Å². The number of hydrogen-bond acceptors (Lipinski definition) is 2. The molecule has 0 spiro atoms. The van der Waals surface area contributed by atoms with E-state index in [-0.39, 0.29) is 0 Å². The summed E-state index contributed by atoms with van der Waals surface area (Å²) in [4.78, 5) is 0. The predicted octanol–water partition coefficient (Wildman–Crippen LogP) is 3.91. The van der Waals surface area contributed by atoms with Crippen LogP contribution in [0.15, 0.2) is 22.7 Å². The van der Waals surface area contributed by atoms with Crippen LogP contribution in [-0.4, -0.2) is 19.3 Å². The lowest BCUT2D eigenvalue weighted by Crippen LogP contribution is -2.37. The molecule has 102 valence electrons. The summed E-state index contributed by atoms with van der Waals surface area (Å²) in [6, 6.07) is 6.89. The van der Waals surface area contributed by atoms with E-state index in [4.69, 9.17) is 4.74 Å². The van der Waals surface area contributed by atoms with Gasteiger partial charge >= 0.3 is 0 Å². The number of rotatable bonds is 7. The molecule has 0 aliphatic carbocycles. The Balaban J connectivity index is 2.52. The topological polar surface area (TPSA) is 21.3 Å². The number of halogens is 1. The van der Waals surface area contributed by atoms with Crippen LogP contribution in [0.2, 0.25) is 0 Å². The molecule has 3 heteroatoms. The molecule has 1 aromatic rings. The molecule has 0 amide bonds. The van der Waals surface area contributed by atoms with Crippen molar-refractivity contribution in [3.63, 3.8) is 0 Å². The monoisotopic (exact) mass is 313 g/mol. The first-order valence-corrected chi connectivity index (χ1v) is 7.40. The van der Waals surface area contributed by atoms with Crippen molar-refractivity contribution in [3.8, 4) is 0 Å².